The molecule has 5 nitrogen and oxygen atoms in total. The maximum atomic E-state index is 12.6. The second-order valence-corrected chi connectivity index (χ2v) is 9.38. The predicted octanol–water partition coefficient (Wildman–Crippen LogP) is 4.69. The minimum absolute atomic E-state index is 0.109. The first-order chi connectivity index (χ1) is 12.8. The van der Waals surface area contributed by atoms with Gasteiger partial charge in [-0.2, -0.15) is 0 Å². The highest BCUT2D eigenvalue weighted by atomic mass is 35.5. The molecule has 140 valence electrons. The zero-order chi connectivity index (χ0) is 19.2. The molecule has 0 saturated carbocycles. The van der Waals surface area contributed by atoms with Crippen molar-refractivity contribution in [2.75, 3.05) is 0 Å². The summed E-state index contributed by atoms with van der Waals surface area (Å²) >= 11 is 8.06. The zero-order valence-electron chi connectivity index (χ0n) is 15.6. The molecule has 7 heteroatoms. The van der Waals surface area contributed by atoms with Gasteiger partial charge < -0.3 is 4.98 Å². The van der Waals surface area contributed by atoms with Crippen LogP contribution < -0.4 is 5.56 Å². The summed E-state index contributed by atoms with van der Waals surface area (Å²) in [5.74, 6) is 1.15. The van der Waals surface area contributed by atoms with Gasteiger partial charge in [-0.15, -0.1) is 11.3 Å². The van der Waals surface area contributed by atoms with Crippen LogP contribution in [0.5, 0.6) is 0 Å². The molecule has 0 bridgehead atoms. The van der Waals surface area contributed by atoms with E-state index in [0.29, 0.717) is 10.9 Å². The van der Waals surface area contributed by atoms with Crippen molar-refractivity contribution in [3.8, 4) is 0 Å². The summed E-state index contributed by atoms with van der Waals surface area (Å²) in [4.78, 5) is 31.0. The number of nitrogens with one attached hydrogen (secondary N) is 1. The van der Waals surface area contributed by atoms with Crippen molar-refractivity contribution >= 4 is 44.3 Å². The summed E-state index contributed by atoms with van der Waals surface area (Å²) in [7, 11) is 0. The highest BCUT2D eigenvalue weighted by Crippen LogP contribution is 2.34. The molecule has 1 N–H and O–H groups in total. The van der Waals surface area contributed by atoms with Crippen LogP contribution >= 0.6 is 22.9 Å². The first kappa shape index (κ1) is 18.3. The largest absolute Gasteiger partial charge is 0.305 e. The number of halogens is 1. The normalized spacial score (nSPS) is 15.2. The van der Waals surface area contributed by atoms with Gasteiger partial charge in [0.2, 0.25) is 0 Å². The Balaban J connectivity index is 1.71. The highest BCUT2D eigenvalue weighted by Gasteiger charge is 2.20. The van der Waals surface area contributed by atoms with Crippen LogP contribution in [0.3, 0.4) is 0 Å². The molecule has 0 saturated heterocycles. The van der Waals surface area contributed by atoms with Crippen LogP contribution in [0, 0.1) is 0 Å². The van der Waals surface area contributed by atoms with E-state index in [0.717, 1.165) is 40.9 Å². The van der Waals surface area contributed by atoms with E-state index in [1.54, 1.807) is 29.8 Å². The molecular formula is C20H21ClN4OS. The molecule has 0 aliphatic heterocycles. The Morgan fingerprint density at radius 3 is 2.63 bits per heavy atom. The Bertz CT molecular complexity index is 1090. The minimum atomic E-state index is -0.111. The van der Waals surface area contributed by atoms with Gasteiger partial charge in [0.05, 0.1) is 10.4 Å². The molecule has 0 radical (unpaired) electrons. The topological polar surface area (TPSA) is 71.5 Å². The molecular weight excluding hydrogens is 380 g/mol. The number of nitrogens with zero attached hydrogens (tertiary/aromatic N) is 3. The van der Waals surface area contributed by atoms with E-state index in [9.17, 15) is 4.79 Å². The number of H-pyrrole nitrogens is 1. The number of rotatable bonds is 2. The Morgan fingerprint density at radius 2 is 1.93 bits per heavy atom. The molecule has 1 aliphatic rings. The number of fused-ring (bicyclic) bond motifs is 3. The van der Waals surface area contributed by atoms with Crippen molar-refractivity contribution < 1.29 is 0 Å². The molecule has 0 atom stereocenters. The summed E-state index contributed by atoms with van der Waals surface area (Å²) in [6.45, 7) is 6.19. The SMILES string of the molecule is CC(C)(C)c1ncc(/C=C(\Cl)c2nc3sc4c(c3c(=O)[nH]2)CCCC4)cn1. The fourth-order valence-corrected chi connectivity index (χ4v) is 4.77. The fourth-order valence-electron chi connectivity index (χ4n) is 3.29. The van der Waals surface area contributed by atoms with Gasteiger partial charge in [-0.05, 0) is 37.3 Å². The van der Waals surface area contributed by atoms with Gasteiger partial charge in [-0.3, -0.25) is 4.79 Å². The van der Waals surface area contributed by atoms with Gasteiger partial charge in [-0.1, -0.05) is 32.4 Å². The summed E-state index contributed by atoms with van der Waals surface area (Å²) in [5.41, 5.74) is 1.72. The summed E-state index contributed by atoms with van der Waals surface area (Å²) in [6, 6.07) is 0. The average Bonchev–Trinajstić information content (AvgIpc) is 3.00. The number of aryl methyl sites for hydroxylation is 2. The summed E-state index contributed by atoms with van der Waals surface area (Å²) in [5, 5.41) is 1.10. The lowest BCUT2D eigenvalue weighted by atomic mass is 9.96. The molecule has 3 heterocycles. The van der Waals surface area contributed by atoms with Crippen molar-refractivity contribution in [2.45, 2.75) is 51.9 Å². The maximum absolute atomic E-state index is 12.6. The van der Waals surface area contributed by atoms with Crippen molar-refractivity contribution in [1.82, 2.24) is 19.9 Å². The lowest BCUT2D eigenvalue weighted by molar-refractivity contribution is 0.545. The molecule has 0 aromatic carbocycles. The number of hydrogen-bond donors (Lipinski definition) is 1. The third-order valence-corrected chi connectivity index (χ3v) is 6.16. The lowest BCUT2D eigenvalue weighted by Gasteiger charge is -2.15. The molecule has 3 aromatic rings. The molecule has 0 amide bonds. The Labute approximate surface area is 166 Å². The van der Waals surface area contributed by atoms with Crippen LogP contribution in [0.15, 0.2) is 17.2 Å². The first-order valence-electron chi connectivity index (χ1n) is 9.07. The van der Waals surface area contributed by atoms with Crippen LogP contribution in [0.2, 0.25) is 0 Å². The van der Waals surface area contributed by atoms with Gasteiger partial charge in [0.25, 0.3) is 5.56 Å². The van der Waals surface area contributed by atoms with Crippen molar-refractivity contribution in [3.63, 3.8) is 0 Å². The molecule has 4 rings (SSSR count). The van der Waals surface area contributed by atoms with Crippen LogP contribution in [0.25, 0.3) is 21.3 Å². The van der Waals surface area contributed by atoms with E-state index in [2.05, 4.69) is 40.7 Å². The van der Waals surface area contributed by atoms with Crippen molar-refractivity contribution in [2.24, 2.45) is 0 Å². The average molecular weight is 401 g/mol. The number of aromatic nitrogens is 4. The monoisotopic (exact) mass is 400 g/mol. The van der Waals surface area contributed by atoms with Gasteiger partial charge in [-0.25, -0.2) is 15.0 Å². The van der Waals surface area contributed by atoms with E-state index in [4.69, 9.17) is 11.6 Å². The Hall–Kier alpha value is -2.05. The van der Waals surface area contributed by atoms with E-state index >= 15 is 0 Å². The van der Waals surface area contributed by atoms with Crippen molar-refractivity contribution in [3.05, 3.63) is 50.4 Å². The second-order valence-electron chi connectivity index (χ2n) is 7.89. The van der Waals surface area contributed by atoms with Gasteiger partial charge in [0, 0.05) is 28.2 Å². The second kappa shape index (κ2) is 6.84. The third kappa shape index (κ3) is 3.56. The van der Waals surface area contributed by atoms with Crippen LogP contribution in [-0.4, -0.2) is 19.9 Å². The van der Waals surface area contributed by atoms with Crippen LogP contribution in [0.1, 0.15) is 61.3 Å². The van der Waals surface area contributed by atoms with Gasteiger partial charge in [0.1, 0.15) is 10.7 Å². The quantitative estimate of drug-likeness (QED) is 0.677. The van der Waals surface area contributed by atoms with Crippen LogP contribution in [-0.2, 0) is 18.3 Å². The molecule has 3 aromatic heterocycles. The highest BCUT2D eigenvalue weighted by molar-refractivity contribution is 7.18. The number of aromatic amines is 1. The molecule has 0 spiro atoms. The molecule has 0 fully saturated rings. The van der Waals surface area contributed by atoms with E-state index in [1.165, 1.54) is 16.9 Å². The van der Waals surface area contributed by atoms with E-state index in [-0.39, 0.29) is 11.0 Å². The van der Waals surface area contributed by atoms with E-state index < -0.39 is 0 Å². The molecule has 0 unspecified atom stereocenters. The van der Waals surface area contributed by atoms with Crippen molar-refractivity contribution in [1.29, 1.82) is 0 Å². The zero-order valence-corrected chi connectivity index (χ0v) is 17.2. The van der Waals surface area contributed by atoms with Crippen LogP contribution in [0.4, 0.5) is 0 Å². The predicted molar refractivity (Wildman–Crippen MR) is 111 cm³/mol. The molecule has 27 heavy (non-hydrogen) atoms. The van der Waals surface area contributed by atoms with Gasteiger partial charge in [0.15, 0.2) is 5.82 Å². The third-order valence-electron chi connectivity index (χ3n) is 4.69. The smallest absolute Gasteiger partial charge is 0.260 e. The summed E-state index contributed by atoms with van der Waals surface area (Å²) < 4.78 is 0. The standard InChI is InChI=1S/C20H21ClN4OS/c1-20(2,3)19-22-9-11(10-23-19)8-13(21)16-24-17(26)15-12-6-4-5-7-14(12)27-18(15)25-16/h8-10H,4-7H2,1-3H3,(H,24,25,26)/b13-8-. The maximum Gasteiger partial charge on any atom is 0.260 e. The number of hydrogen-bond acceptors (Lipinski definition) is 5. The molecule has 1 aliphatic carbocycles. The lowest BCUT2D eigenvalue weighted by Crippen LogP contribution is -2.15. The Morgan fingerprint density at radius 1 is 1.22 bits per heavy atom. The first-order valence-corrected chi connectivity index (χ1v) is 10.3. The van der Waals surface area contributed by atoms with E-state index in [1.807, 2.05) is 0 Å². The minimum Gasteiger partial charge on any atom is -0.305 e. The fraction of sp³-hybridized carbons (Fsp3) is 0.400. The number of thiophene rings is 1. The summed E-state index contributed by atoms with van der Waals surface area (Å²) in [6.07, 6.45) is 9.49. The Kier molecular flexibility index (Phi) is 4.64. The van der Waals surface area contributed by atoms with Gasteiger partial charge >= 0.3 is 0 Å².